The van der Waals surface area contributed by atoms with E-state index in [1.807, 2.05) is 11.5 Å². The van der Waals surface area contributed by atoms with Gasteiger partial charge in [-0.25, -0.2) is 4.99 Å². The normalized spacial score (nSPS) is 22.4. The first-order chi connectivity index (χ1) is 3.93. The van der Waals surface area contributed by atoms with Crippen molar-refractivity contribution in [3.63, 3.8) is 0 Å². The van der Waals surface area contributed by atoms with Gasteiger partial charge in [0.15, 0.2) is 0 Å². The summed E-state index contributed by atoms with van der Waals surface area (Å²) in [6.45, 7) is 0. The van der Waals surface area contributed by atoms with Crippen molar-refractivity contribution in [1.82, 2.24) is 0 Å². The highest BCUT2D eigenvalue weighted by atomic mass is 35.5. The molecule has 0 N–H and O–H groups in total. The van der Waals surface area contributed by atoms with Crippen LogP contribution in [0, 0.1) is 0 Å². The summed E-state index contributed by atoms with van der Waals surface area (Å²) in [4.78, 5) is 3.93. The van der Waals surface area contributed by atoms with Crippen LogP contribution in [0.4, 0.5) is 0 Å². The van der Waals surface area contributed by atoms with Gasteiger partial charge in [0, 0.05) is 11.7 Å². The Kier molecular flexibility index (Phi) is 2.18. The summed E-state index contributed by atoms with van der Waals surface area (Å²) in [6.07, 6.45) is 3.58. The maximum atomic E-state index is 5.35. The van der Waals surface area contributed by atoms with E-state index in [9.17, 15) is 0 Å². The Balaban J connectivity index is 2.66. The van der Waals surface area contributed by atoms with Crippen molar-refractivity contribution in [2.45, 2.75) is 0 Å². The molecule has 0 aliphatic carbocycles. The molecule has 42 valence electrons. The lowest BCUT2D eigenvalue weighted by Crippen LogP contribution is -1.73. The molecule has 0 saturated heterocycles. The summed E-state index contributed by atoms with van der Waals surface area (Å²) in [5.41, 5.74) is 1.46. The van der Waals surface area contributed by atoms with Crippen molar-refractivity contribution >= 4 is 29.6 Å². The van der Waals surface area contributed by atoms with Gasteiger partial charge in [0.05, 0.1) is 0 Å². The SMILES string of the molecule is Cl/C=C1/N=CC=CS1. The first-order valence-corrected chi connectivity index (χ1v) is 3.41. The van der Waals surface area contributed by atoms with Gasteiger partial charge in [-0.15, -0.1) is 0 Å². The highest BCUT2D eigenvalue weighted by molar-refractivity contribution is 8.05. The fourth-order valence-corrected chi connectivity index (χ4v) is 1.02. The van der Waals surface area contributed by atoms with E-state index in [1.165, 1.54) is 17.3 Å². The van der Waals surface area contributed by atoms with Crippen molar-refractivity contribution in [2.24, 2.45) is 4.99 Å². The van der Waals surface area contributed by atoms with Gasteiger partial charge in [-0.05, 0) is 11.5 Å². The first-order valence-electron chi connectivity index (χ1n) is 2.10. The molecule has 0 spiro atoms. The summed E-state index contributed by atoms with van der Waals surface area (Å²) >= 11 is 6.86. The quantitative estimate of drug-likeness (QED) is 0.510. The van der Waals surface area contributed by atoms with E-state index in [4.69, 9.17) is 11.6 Å². The fourth-order valence-electron chi connectivity index (χ4n) is 0.345. The van der Waals surface area contributed by atoms with Crippen molar-refractivity contribution in [3.05, 3.63) is 22.0 Å². The van der Waals surface area contributed by atoms with Crippen LogP contribution in [0.3, 0.4) is 0 Å². The molecule has 1 aliphatic rings. The number of allylic oxidation sites excluding steroid dienone is 1. The summed E-state index contributed by atoms with van der Waals surface area (Å²) < 4.78 is 0. The van der Waals surface area contributed by atoms with Crippen LogP contribution in [0.2, 0.25) is 0 Å². The van der Waals surface area contributed by atoms with Crippen LogP contribution in [-0.2, 0) is 0 Å². The molecule has 0 bridgehead atoms. The number of halogens is 1. The monoisotopic (exact) mass is 145 g/mol. The molecule has 0 fully saturated rings. The molecule has 0 atom stereocenters. The van der Waals surface area contributed by atoms with E-state index in [1.54, 1.807) is 6.21 Å². The van der Waals surface area contributed by atoms with Gasteiger partial charge < -0.3 is 0 Å². The lowest BCUT2D eigenvalue weighted by atomic mass is 10.7. The second-order valence-electron chi connectivity index (χ2n) is 1.17. The molecule has 0 amide bonds. The van der Waals surface area contributed by atoms with Gasteiger partial charge in [0.2, 0.25) is 0 Å². The Bertz CT molecular complexity index is 160. The van der Waals surface area contributed by atoms with Crippen LogP contribution in [0.5, 0.6) is 0 Å². The molecule has 0 aromatic rings. The highest BCUT2D eigenvalue weighted by Crippen LogP contribution is 2.20. The number of nitrogens with zero attached hydrogens (tertiary/aromatic N) is 1. The molecule has 3 heteroatoms. The molecule has 0 unspecified atom stereocenters. The fraction of sp³-hybridized carbons (Fsp3) is 0. The maximum Gasteiger partial charge on any atom is 0.111 e. The summed E-state index contributed by atoms with van der Waals surface area (Å²) in [7, 11) is 0. The van der Waals surface area contributed by atoms with E-state index in [0.717, 1.165) is 5.03 Å². The van der Waals surface area contributed by atoms with Gasteiger partial charge in [-0.3, -0.25) is 0 Å². The molecule has 1 nitrogen and oxygen atoms in total. The largest absolute Gasteiger partial charge is 0.249 e. The van der Waals surface area contributed by atoms with Crippen LogP contribution in [0.1, 0.15) is 0 Å². The van der Waals surface area contributed by atoms with E-state index in [-0.39, 0.29) is 0 Å². The van der Waals surface area contributed by atoms with E-state index in [2.05, 4.69) is 4.99 Å². The zero-order chi connectivity index (χ0) is 5.82. The summed E-state index contributed by atoms with van der Waals surface area (Å²) in [5, 5.41) is 2.77. The van der Waals surface area contributed by atoms with E-state index >= 15 is 0 Å². The van der Waals surface area contributed by atoms with Crippen LogP contribution in [0.15, 0.2) is 27.0 Å². The molecule has 1 heterocycles. The Labute approximate surface area is 57.1 Å². The Morgan fingerprint density at radius 2 is 2.62 bits per heavy atom. The zero-order valence-electron chi connectivity index (χ0n) is 4.04. The molecule has 0 aromatic heterocycles. The highest BCUT2D eigenvalue weighted by Gasteiger charge is 1.91. The standard InChI is InChI=1S/C5H4ClNS/c6-4-5-7-2-1-3-8-5/h1-4H/b5-4-. The summed E-state index contributed by atoms with van der Waals surface area (Å²) in [6, 6.07) is 0. The molecule has 1 rings (SSSR count). The average molecular weight is 146 g/mol. The molecular formula is C5H4ClNS. The van der Waals surface area contributed by atoms with Crippen LogP contribution in [0.25, 0.3) is 0 Å². The zero-order valence-corrected chi connectivity index (χ0v) is 5.62. The smallest absolute Gasteiger partial charge is 0.111 e. The second-order valence-corrected chi connectivity index (χ2v) is 2.32. The van der Waals surface area contributed by atoms with Gasteiger partial charge >= 0.3 is 0 Å². The summed E-state index contributed by atoms with van der Waals surface area (Å²) in [5.74, 6) is 0. The van der Waals surface area contributed by atoms with E-state index < -0.39 is 0 Å². The molecule has 8 heavy (non-hydrogen) atoms. The minimum Gasteiger partial charge on any atom is -0.249 e. The van der Waals surface area contributed by atoms with Crippen LogP contribution >= 0.6 is 23.4 Å². The third kappa shape index (κ3) is 1.39. The second kappa shape index (κ2) is 2.95. The lowest BCUT2D eigenvalue weighted by molar-refractivity contribution is 1.56. The van der Waals surface area contributed by atoms with Crippen molar-refractivity contribution in [3.8, 4) is 0 Å². The molecule has 1 aliphatic heterocycles. The number of rotatable bonds is 0. The minimum atomic E-state index is 0.842. The lowest BCUT2D eigenvalue weighted by Gasteiger charge is -1.95. The molecule has 0 radical (unpaired) electrons. The number of thioether (sulfide) groups is 1. The Hall–Kier alpha value is -0.210. The third-order valence-electron chi connectivity index (χ3n) is 0.649. The third-order valence-corrected chi connectivity index (χ3v) is 1.74. The number of hydrogen-bond donors (Lipinski definition) is 0. The predicted molar refractivity (Wildman–Crippen MR) is 39.2 cm³/mol. The van der Waals surface area contributed by atoms with Gasteiger partial charge in [0.1, 0.15) is 5.03 Å². The molecule has 0 saturated carbocycles. The number of hydrogen-bond acceptors (Lipinski definition) is 2. The van der Waals surface area contributed by atoms with Gasteiger partial charge in [-0.2, -0.15) is 0 Å². The van der Waals surface area contributed by atoms with E-state index in [0.29, 0.717) is 0 Å². The maximum absolute atomic E-state index is 5.35. The number of aliphatic imine (C=N–C) groups is 1. The van der Waals surface area contributed by atoms with Crippen LogP contribution < -0.4 is 0 Å². The van der Waals surface area contributed by atoms with Gasteiger partial charge in [-0.1, -0.05) is 23.4 Å². The van der Waals surface area contributed by atoms with Crippen LogP contribution in [-0.4, -0.2) is 6.21 Å². The van der Waals surface area contributed by atoms with Crippen molar-refractivity contribution < 1.29 is 0 Å². The molecular weight excluding hydrogens is 142 g/mol. The average Bonchev–Trinajstić information content (AvgIpc) is 1.90. The van der Waals surface area contributed by atoms with Gasteiger partial charge in [0.25, 0.3) is 0 Å². The first kappa shape index (κ1) is 5.92. The Morgan fingerprint density at radius 3 is 3.00 bits per heavy atom. The van der Waals surface area contributed by atoms with Crippen molar-refractivity contribution in [1.29, 1.82) is 0 Å². The predicted octanol–water partition coefficient (Wildman–Crippen LogP) is 2.36. The Morgan fingerprint density at radius 1 is 1.75 bits per heavy atom. The topological polar surface area (TPSA) is 12.4 Å². The minimum absolute atomic E-state index is 0.842. The van der Waals surface area contributed by atoms with Crippen molar-refractivity contribution in [2.75, 3.05) is 0 Å². The molecule has 0 aromatic carbocycles.